The highest BCUT2D eigenvalue weighted by Crippen LogP contribution is 2.24. The highest BCUT2D eigenvalue weighted by molar-refractivity contribution is 5.80. The van der Waals surface area contributed by atoms with Gasteiger partial charge in [-0.2, -0.15) is 0 Å². The fourth-order valence-electron chi connectivity index (χ4n) is 1.52. The Morgan fingerprint density at radius 3 is 2.79 bits per heavy atom. The summed E-state index contributed by atoms with van der Waals surface area (Å²) in [6.07, 6.45) is 0.770. The molecule has 0 fully saturated rings. The van der Waals surface area contributed by atoms with Crippen molar-refractivity contribution in [2.75, 3.05) is 18.4 Å². The predicted octanol–water partition coefficient (Wildman–Crippen LogP) is 1.35. The molecule has 0 aliphatic carbocycles. The minimum absolute atomic E-state index is 0.123. The molecule has 0 radical (unpaired) electrons. The smallest absolute Gasteiger partial charge is 0.293 e. The molecule has 1 aromatic carbocycles. The molecule has 0 aliphatic heterocycles. The minimum atomic E-state index is -0.568. The van der Waals surface area contributed by atoms with Gasteiger partial charge >= 0.3 is 0 Å². The maximum absolute atomic E-state index is 11.2. The lowest BCUT2D eigenvalue weighted by molar-refractivity contribution is -0.384. The van der Waals surface area contributed by atoms with Gasteiger partial charge in [0, 0.05) is 31.1 Å². The van der Waals surface area contributed by atoms with Crippen molar-refractivity contribution in [3.63, 3.8) is 0 Å². The summed E-state index contributed by atoms with van der Waals surface area (Å²) >= 11 is 0. The number of aldehydes is 1. The Labute approximate surface area is 110 Å². The number of nitrogens with zero attached hydrogens (tertiary/aromatic N) is 1. The van der Waals surface area contributed by atoms with Crippen LogP contribution in [0.2, 0.25) is 0 Å². The van der Waals surface area contributed by atoms with Gasteiger partial charge in [0.15, 0.2) is 0 Å². The van der Waals surface area contributed by atoms with Crippen LogP contribution in [0.3, 0.4) is 0 Å². The largest absolute Gasteiger partial charge is 0.379 e. The molecule has 0 aliphatic rings. The zero-order valence-electron chi connectivity index (χ0n) is 10.5. The molecule has 0 spiro atoms. The van der Waals surface area contributed by atoms with E-state index in [1.165, 1.54) is 18.2 Å². The van der Waals surface area contributed by atoms with Crippen LogP contribution in [0.1, 0.15) is 23.7 Å². The van der Waals surface area contributed by atoms with Crippen molar-refractivity contribution in [1.29, 1.82) is 0 Å². The van der Waals surface area contributed by atoms with E-state index < -0.39 is 4.92 Å². The molecule has 0 unspecified atom stereocenters. The second-order valence-corrected chi connectivity index (χ2v) is 3.78. The van der Waals surface area contributed by atoms with Crippen molar-refractivity contribution in [3.05, 3.63) is 33.9 Å². The molecule has 7 nitrogen and oxygen atoms in total. The molecule has 1 amide bonds. The summed E-state index contributed by atoms with van der Waals surface area (Å²) in [6, 6.07) is 4.13. The molecule has 0 saturated carbocycles. The van der Waals surface area contributed by atoms with E-state index in [1.54, 1.807) is 0 Å². The van der Waals surface area contributed by atoms with Crippen LogP contribution in [0.5, 0.6) is 0 Å². The van der Waals surface area contributed by atoms with Crippen molar-refractivity contribution in [2.24, 2.45) is 0 Å². The van der Waals surface area contributed by atoms with E-state index in [9.17, 15) is 19.7 Å². The van der Waals surface area contributed by atoms with E-state index in [4.69, 9.17) is 0 Å². The van der Waals surface area contributed by atoms with Crippen molar-refractivity contribution in [3.8, 4) is 0 Å². The number of nitro groups is 1. The average molecular weight is 265 g/mol. The highest BCUT2D eigenvalue weighted by Gasteiger charge is 2.14. The first-order valence-corrected chi connectivity index (χ1v) is 5.82. The van der Waals surface area contributed by atoms with Crippen LogP contribution in [0.15, 0.2) is 18.2 Å². The van der Waals surface area contributed by atoms with Crippen molar-refractivity contribution in [1.82, 2.24) is 5.32 Å². The van der Waals surface area contributed by atoms with Crippen LogP contribution >= 0.6 is 0 Å². The standard InChI is InChI=1S/C12H15N3O4/c1-2-13-12(17)5-6-14-10-4-3-9(8-16)7-11(10)15(18)19/h3-4,7-8,14H,2,5-6H2,1H3,(H,13,17). The summed E-state index contributed by atoms with van der Waals surface area (Å²) in [5.41, 5.74) is 0.348. The van der Waals surface area contributed by atoms with Crippen LogP contribution in [0, 0.1) is 10.1 Å². The molecule has 1 rings (SSSR count). The normalized spacial score (nSPS) is 9.74. The Morgan fingerprint density at radius 1 is 1.47 bits per heavy atom. The minimum Gasteiger partial charge on any atom is -0.379 e. The van der Waals surface area contributed by atoms with E-state index in [1.807, 2.05) is 6.92 Å². The Bertz CT molecular complexity index is 488. The summed E-state index contributed by atoms with van der Waals surface area (Å²) in [5.74, 6) is -0.123. The molecule has 0 atom stereocenters. The number of hydrogen-bond donors (Lipinski definition) is 2. The zero-order chi connectivity index (χ0) is 14.3. The van der Waals surface area contributed by atoms with Gasteiger partial charge in [0.25, 0.3) is 5.69 Å². The van der Waals surface area contributed by atoms with Gasteiger partial charge in [-0.05, 0) is 19.1 Å². The van der Waals surface area contributed by atoms with E-state index in [2.05, 4.69) is 10.6 Å². The van der Waals surface area contributed by atoms with Gasteiger partial charge in [-0.1, -0.05) is 0 Å². The number of anilines is 1. The lowest BCUT2D eigenvalue weighted by Crippen LogP contribution is -2.24. The number of nitrogens with one attached hydrogen (secondary N) is 2. The first kappa shape index (κ1) is 14.6. The molecule has 0 aromatic heterocycles. The lowest BCUT2D eigenvalue weighted by atomic mass is 10.2. The Morgan fingerprint density at radius 2 is 2.21 bits per heavy atom. The van der Waals surface area contributed by atoms with E-state index in [0.29, 0.717) is 18.5 Å². The van der Waals surface area contributed by atoms with Gasteiger partial charge in [0.05, 0.1) is 4.92 Å². The third-order valence-electron chi connectivity index (χ3n) is 2.40. The summed E-state index contributed by atoms with van der Waals surface area (Å²) in [5, 5.41) is 16.3. The third kappa shape index (κ3) is 4.38. The molecule has 0 bridgehead atoms. The van der Waals surface area contributed by atoms with E-state index in [-0.39, 0.29) is 30.1 Å². The van der Waals surface area contributed by atoms with Crippen molar-refractivity contribution < 1.29 is 14.5 Å². The Kier molecular flexibility index (Phi) is 5.46. The lowest BCUT2D eigenvalue weighted by Gasteiger charge is -2.07. The van der Waals surface area contributed by atoms with Gasteiger partial charge in [0.1, 0.15) is 12.0 Å². The molecule has 0 saturated heterocycles. The Balaban J connectivity index is 2.70. The van der Waals surface area contributed by atoms with E-state index in [0.717, 1.165) is 0 Å². The van der Waals surface area contributed by atoms with Crippen LogP contribution < -0.4 is 10.6 Å². The van der Waals surface area contributed by atoms with Crippen LogP contribution in [0.4, 0.5) is 11.4 Å². The SMILES string of the molecule is CCNC(=O)CCNc1ccc(C=O)cc1[N+](=O)[O-]. The van der Waals surface area contributed by atoms with E-state index >= 15 is 0 Å². The molecule has 102 valence electrons. The third-order valence-corrected chi connectivity index (χ3v) is 2.40. The second kappa shape index (κ2) is 7.10. The zero-order valence-corrected chi connectivity index (χ0v) is 10.5. The quantitative estimate of drug-likeness (QED) is 0.440. The Hall–Kier alpha value is -2.44. The molecule has 0 heterocycles. The van der Waals surface area contributed by atoms with Gasteiger partial charge in [-0.25, -0.2) is 0 Å². The molecular weight excluding hydrogens is 250 g/mol. The first-order valence-electron chi connectivity index (χ1n) is 5.82. The number of amides is 1. The summed E-state index contributed by atoms with van der Waals surface area (Å²) in [4.78, 5) is 32.1. The van der Waals surface area contributed by atoms with Gasteiger partial charge in [-0.15, -0.1) is 0 Å². The monoisotopic (exact) mass is 265 g/mol. The van der Waals surface area contributed by atoms with Crippen LogP contribution in [-0.2, 0) is 4.79 Å². The number of nitro benzene ring substituents is 1. The number of hydrogen-bond acceptors (Lipinski definition) is 5. The van der Waals surface area contributed by atoms with Gasteiger partial charge < -0.3 is 10.6 Å². The fourth-order valence-corrected chi connectivity index (χ4v) is 1.52. The number of rotatable bonds is 7. The second-order valence-electron chi connectivity index (χ2n) is 3.78. The van der Waals surface area contributed by atoms with Crippen LogP contribution in [0.25, 0.3) is 0 Å². The number of carbonyl (C=O) groups excluding carboxylic acids is 2. The highest BCUT2D eigenvalue weighted by atomic mass is 16.6. The maximum atomic E-state index is 11.2. The molecular formula is C12H15N3O4. The molecule has 19 heavy (non-hydrogen) atoms. The summed E-state index contributed by atoms with van der Waals surface area (Å²) < 4.78 is 0. The topological polar surface area (TPSA) is 101 Å². The molecule has 2 N–H and O–H groups in total. The van der Waals surface area contributed by atoms with Crippen LogP contribution in [-0.4, -0.2) is 30.2 Å². The summed E-state index contributed by atoms with van der Waals surface area (Å²) in [6.45, 7) is 2.65. The first-order chi connectivity index (χ1) is 9.08. The van der Waals surface area contributed by atoms with Crippen molar-refractivity contribution in [2.45, 2.75) is 13.3 Å². The molecule has 7 heteroatoms. The number of carbonyl (C=O) groups is 2. The maximum Gasteiger partial charge on any atom is 0.293 e. The van der Waals surface area contributed by atoms with Gasteiger partial charge in [0.2, 0.25) is 5.91 Å². The fraction of sp³-hybridized carbons (Fsp3) is 0.333. The summed E-state index contributed by atoms with van der Waals surface area (Å²) in [7, 11) is 0. The molecule has 1 aromatic rings. The predicted molar refractivity (Wildman–Crippen MR) is 70.3 cm³/mol. The average Bonchev–Trinajstić information content (AvgIpc) is 2.39. The van der Waals surface area contributed by atoms with Gasteiger partial charge in [-0.3, -0.25) is 19.7 Å². The van der Waals surface area contributed by atoms with Crippen molar-refractivity contribution >= 4 is 23.6 Å². The number of benzene rings is 1.